The van der Waals surface area contributed by atoms with Gasteiger partial charge in [-0.25, -0.2) is 0 Å². The maximum atomic E-state index is 12.7. The lowest BCUT2D eigenvalue weighted by Crippen LogP contribution is -2.32. The Morgan fingerprint density at radius 3 is 2.64 bits per heavy atom. The van der Waals surface area contributed by atoms with Crippen LogP contribution in [0.5, 0.6) is 0 Å². The van der Waals surface area contributed by atoms with Gasteiger partial charge in [0, 0.05) is 23.5 Å². The number of rotatable bonds is 1. The van der Waals surface area contributed by atoms with Crippen LogP contribution < -0.4 is 5.32 Å². The van der Waals surface area contributed by atoms with Gasteiger partial charge in [0.2, 0.25) is 0 Å². The van der Waals surface area contributed by atoms with Gasteiger partial charge in [0.15, 0.2) is 5.76 Å². The smallest absolute Gasteiger partial charge is 0.289 e. The number of amides is 1. The van der Waals surface area contributed by atoms with Gasteiger partial charge in [-0.2, -0.15) is 0 Å². The van der Waals surface area contributed by atoms with Crippen molar-refractivity contribution in [1.29, 1.82) is 0 Å². The summed E-state index contributed by atoms with van der Waals surface area (Å²) in [6.45, 7) is 3.82. The fourth-order valence-corrected chi connectivity index (χ4v) is 3.88. The predicted molar refractivity (Wildman–Crippen MR) is 86.2 cm³/mol. The summed E-state index contributed by atoms with van der Waals surface area (Å²) in [5.41, 5.74) is 0.712. The van der Waals surface area contributed by atoms with Crippen molar-refractivity contribution in [2.24, 2.45) is 11.8 Å². The van der Waals surface area contributed by atoms with Crippen molar-refractivity contribution < 1.29 is 9.21 Å². The molecular weight excluding hydrogens is 300 g/mol. The molecule has 4 nitrogen and oxygen atoms in total. The van der Waals surface area contributed by atoms with Gasteiger partial charge in [0.05, 0.1) is 0 Å². The summed E-state index contributed by atoms with van der Waals surface area (Å²) in [7, 11) is 0. The molecule has 0 spiro atoms. The van der Waals surface area contributed by atoms with Gasteiger partial charge in [0.25, 0.3) is 5.91 Å². The molecule has 3 heterocycles. The number of halogens is 1. The lowest BCUT2D eigenvalue weighted by atomic mass is 9.92. The molecule has 1 N–H and O–H groups in total. The zero-order chi connectivity index (χ0) is 15.1. The number of nitrogens with one attached hydrogen (secondary N) is 1. The van der Waals surface area contributed by atoms with Gasteiger partial charge in [-0.15, -0.1) is 0 Å². The fraction of sp³-hybridized carbons (Fsp3) is 0.471. The minimum Gasteiger partial charge on any atom is -0.451 e. The number of hydrogen-bond acceptors (Lipinski definition) is 3. The van der Waals surface area contributed by atoms with Crippen molar-refractivity contribution >= 4 is 28.5 Å². The van der Waals surface area contributed by atoms with E-state index in [0.717, 1.165) is 44.4 Å². The molecule has 2 aliphatic rings. The third kappa shape index (κ3) is 2.50. The Labute approximate surface area is 134 Å². The van der Waals surface area contributed by atoms with Crippen LogP contribution in [0, 0.1) is 11.8 Å². The molecule has 22 heavy (non-hydrogen) atoms. The van der Waals surface area contributed by atoms with Crippen LogP contribution >= 0.6 is 11.6 Å². The molecule has 5 heteroatoms. The summed E-state index contributed by atoms with van der Waals surface area (Å²) in [6, 6.07) is 7.22. The Hall–Kier alpha value is -1.52. The highest BCUT2D eigenvalue weighted by atomic mass is 35.5. The third-order valence-electron chi connectivity index (χ3n) is 5.00. The summed E-state index contributed by atoms with van der Waals surface area (Å²) in [4.78, 5) is 14.7. The SMILES string of the molecule is O=C(c1cc2cc(Cl)ccc2o1)N1CC[C@@H]2CNC[C@@H]2CC1. The molecule has 2 atom stereocenters. The third-order valence-corrected chi connectivity index (χ3v) is 5.23. The van der Waals surface area contributed by atoms with E-state index >= 15 is 0 Å². The van der Waals surface area contributed by atoms with Gasteiger partial charge >= 0.3 is 0 Å². The molecule has 2 aliphatic heterocycles. The van der Waals surface area contributed by atoms with E-state index in [2.05, 4.69) is 5.32 Å². The van der Waals surface area contributed by atoms with E-state index in [0.29, 0.717) is 28.2 Å². The first-order valence-corrected chi connectivity index (χ1v) is 8.27. The molecule has 0 aliphatic carbocycles. The Balaban J connectivity index is 1.54. The quantitative estimate of drug-likeness (QED) is 0.878. The topological polar surface area (TPSA) is 45.5 Å². The zero-order valence-electron chi connectivity index (χ0n) is 12.3. The average Bonchev–Trinajstić information content (AvgIpc) is 3.08. The van der Waals surface area contributed by atoms with Crippen molar-refractivity contribution in [3.05, 3.63) is 35.0 Å². The minimum atomic E-state index is 0.000236. The number of benzene rings is 1. The van der Waals surface area contributed by atoms with Crippen LogP contribution in [0.1, 0.15) is 23.4 Å². The van der Waals surface area contributed by atoms with E-state index in [9.17, 15) is 4.79 Å². The van der Waals surface area contributed by atoms with Crippen LogP contribution in [-0.4, -0.2) is 37.0 Å². The maximum absolute atomic E-state index is 12.7. The van der Waals surface area contributed by atoms with Crippen molar-refractivity contribution in [2.45, 2.75) is 12.8 Å². The van der Waals surface area contributed by atoms with Crippen LogP contribution in [0.3, 0.4) is 0 Å². The number of carbonyl (C=O) groups excluding carboxylic acids is 1. The number of carbonyl (C=O) groups is 1. The van der Waals surface area contributed by atoms with E-state index in [-0.39, 0.29) is 5.91 Å². The largest absolute Gasteiger partial charge is 0.451 e. The highest BCUT2D eigenvalue weighted by Crippen LogP contribution is 2.29. The standard InChI is InChI=1S/C17H19ClN2O2/c18-14-1-2-15-13(7-14)8-16(22-15)17(21)20-5-3-11-9-19-10-12(11)4-6-20/h1-2,7-8,11-12,19H,3-6,9-10H2/t11-,12+. The van der Waals surface area contributed by atoms with Crippen molar-refractivity contribution in [1.82, 2.24) is 10.2 Å². The number of furan rings is 1. The Kier molecular flexibility index (Phi) is 3.59. The van der Waals surface area contributed by atoms with Crippen LogP contribution in [0.4, 0.5) is 0 Å². The van der Waals surface area contributed by atoms with Crippen LogP contribution in [0.2, 0.25) is 5.02 Å². The Morgan fingerprint density at radius 1 is 1.18 bits per heavy atom. The van der Waals surface area contributed by atoms with Crippen molar-refractivity contribution in [2.75, 3.05) is 26.2 Å². The van der Waals surface area contributed by atoms with E-state index in [4.69, 9.17) is 16.0 Å². The summed E-state index contributed by atoms with van der Waals surface area (Å²) in [5, 5.41) is 4.99. The lowest BCUT2D eigenvalue weighted by molar-refractivity contribution is 0.0729. The molecule has 1 aromatic heterocycles. The van der Waals surface area contributed by atoms with Gasteiger partial charge in [-0.1, -0.05) is 11.6 Å². The molecule has 2 fully saturated rings. The number of hydrogen-bond donors (Lipinski definition) is 1. The summed E-state index contributed by atoms with van der Waals surface area (Å²) < 4.78 is 5.71. The highest BCUT2D eigenvalue weighted by Gasteiger charge is 2.32. The van der Waals surface area contributed by atoms with Crippen LogP contribution in [0.25, 0.3) is 11.0 Å². The summed E-state index contributed by atoms with van der Waals surface area (Å²) in [6.07, 6.45) is 2.16. The second-order valence-corrected chi connectivity index (χ2v) is 6.78. The molecule has 1 amide bonds. The Bertz CT molecular complexity index is 698. The monoisotopic (exact) mass is 318 g/mol. The van der Waals surface area contributed by atoms with Crippen molar-refractivity contribution in [3.63, 3.8) is 0 Å². The molecule has 2 aromatic rings. The first-order chi connectivity index (χ1) is 10.7. The van der Waals surface area contributed by atoms with Gasteiger partial charge in [-0.3, -0.25) is 4.79 Å². The van der Waals surface area contributed by atoms with E-state index in [1.807, 2.05) is 17.0 Å². The van der Waals surface area contributed by atoms with E-state index in [1.165, 1.54) is 0 Å². The molecular formula is C17H19ClN2O2. The number of fused-ring (bicyclic) bond motifs is 2. The normalized spacial score (nSPS) is 25.2. The summed E-state index contributed by atoms with van der Waals surface area (Å²) in [5.74, 6) is 1.85. The van der Waals surface area contributed by atoms with E-state index in [1.54, 1.807) is 12.1 Å². The molecule has 0 bridgehead atoms. The predicted octanol–water partition coefficient (Wildman–Crippen LogP) is 3.16. The van der Waals surface area contributed by atoms with Gasteiger partial charge < -0.3 is 14.6 Å². The van der Waals surface area contributed by atoms with Gasteiger partial charge in [-0.05, 0) is 62.0 Å². The molecule has 2 saturated heterocycles. The first kappa shape index (κ1) is 14.1. The number of nitrogens with zero attached hydrogens (tertiary/aromatic N) is 1. The zero-order valence-corrected chi connectivity index (χ0v) is 13.1. The fourth-order valence-electron chi connectivity index (χ4n) is 3.70. The van der Waals surface area contributed by atoms with E-state index < -0.39 is 0 Å². The second kappa shape index (κ2) is 5.60. The minimum absolute atomic E-state index is 0.000236. The summed E-state index contributed by atoms with van der Waals surface area (Å²) >= 11 is 5.99. The highest BCUT2D eigenvalue weighted by molar-refractivity contribution is 6.31. The molecule has 0 radical (unpaired) electrons. The molecule has 4 rings (SSSR count). The molecule has 116 valence electrons. The maximum Gasteiger partial charge on any atom is 0.289 e. The van der Waals surface area contributed by atoms with Crippen LogP contribution in [-0.2, 0) is 0 Å². The Morgan fingerprint density at radius 2 is 1.91 bits per heavy atom. The molecule has 1 aromatic carbocycles. The van der Waals surface area contributed by atoms with Crippen molar-refractivity contribution in [3.8, 4) is 0 Å². The van der Waals surface area contributed by atoms with Crippen LogP contribution in [0.15, 0.2) is 28.7 Å². The van der Waals surface area contributed by atoms with Gasteiger partial charge in [0.1, 0.15) is 5.58 Å². The molecule has 0 unspecified atom stereocenters. The second-order valence-electron chi connectivity index (χ2n) is 6.34. The first-order valence-electron chi connectivity index (χ1n) is 7.90. The lowest BCUT2D eigenvalue weighted by Gasteiger charge is -2.19. The average molecular weight is 319 g/mol. The molecule has 0 saturated carbocycles. The number of likely N-dealkylation sites (tertiary alicyclic amines) is 1.